The molecule has 4 aromatic rings. The summed E-state index contributed by atoms with van der Waals surface area (Å²) in [5.74, 6) is -0.260. The summed E-state index contributed by atoms with van der Waals surface area (Å²) in [6.45, 7) is 6.37. The Morgan fingerprint density at radius 2 is 1.85 bits per heavy atom. The van der Waals surface area contributed by atoms with E-state index in [0.29, 0.717) is 40.9 Å². The van der Waals surface area contributed by atoms with E-state index in [1.807, 2.05) is 31.0 Å². The van der Waals surface area contributed by atoms with E-state index >= 15 is 0 Å². The summed E-state index contributed by atoms with van der Waals surface area (Å²) in [5, 5.41) is 20.9. The number of likely N-dealkylation sites (tertiary alicyclic amines) is 1. The molecule has 2 aliphatic rings. The quantitative estimate of drug-likeness (QED) is 0.374. The fourth-order valence-corrected chi connectivity index (χ4v) is 6.21. The predicted molar refractivity (Wildman–Crippen MR) is 158 cm³/mol. The van der Waals surface area contributed by atoms with Crippen molar-refractivity contribution in [3.63, 3.8) is 0 Å². The van der Waals surface area contributed by atoms with Crippen molar-refractivity contribution < 1.29 is 14.3 Å². The van der Waals surface area contributed by atoms with Crippen molar-refractivity contribution in [2.24, 2.45) is 0 Å². The summed E-state index contributed by atoms with van der Waals surface area (Å²) >= 11 is 1.30. The molecule has 2 aromatic heterocycles. The Hall–Kier alpha value is -4.11. The second kappa shape index (κ2) is 11.0. The van der Waals surface area contributed by atoms with Crippen LogP contribution in [0.1, 0.15) is 10.6 Å². The number of benzene rings is 2. The zero-order chi connectivity index (χ0) is 28.7. The van der Waals surface area contributed by atoms with Gasteiger partial charge in [-0.15, -0.1) is 0 Å². The number of piperazine rings is 1. The summed E-state index contributed by atoms with van der Waals surface area (Å²) < 4.78 is 13.5. The Kier molecular flexibility index (Phi) is 7.30. The summed E-state index contributed by atoms with van der Waals surface area (Å²) in [4.78, 5) is 30.6. The second-order valence-corrected chi connectivity index (χ2v) is 11.5. The van der Waals surface area contributed by atoms with E-state index in [4.69, 9.17) is 9.97 Å². The molecule has 0 atom stereocenters. The van der Waals surface area contributed by atoms with E-state index in [1.165, 1.54) is 23.5 Å². The first-order chi connectivity index (χ1) is 19.8. The van der Waals surface area contributed by atoms with Crippen LogP contribution in [0.4, 0.5) is 20.9 Å². The number of carbonyl (C=O) groups excluding carboxylic acids is 1. The van der Waals surface area contributed by atoms with Gasteiger partial charge in [-0.05, 0) is 55.5 Å². The van der Waals surface area contributed by atoms with Gasteiger partial charge >= 0.3 is 0 Å². The summed E-state index contributed by atoms with van der Waals surface area (Å²) in [5.41, 5.74) is 4.98. The van der Waals surface area contributed by atoms with Crippen LogP contribution in [0.3, 0.4) is 0 Å². The number of nitrogens with zero attached hydrogens (tertiary/aromatic N) is 7. The van der Waals surface area contributed by atoms with Gasteiger partial charge in [0.25, 0.3) is 0 Å². The van der Waals surface area contributed by atoms with Gasteiger partial charge in [-0.3, -0.25) is 14.7 Å². The lowest BCUT2D eigenvalue weighted by Gasteiger charge is -2.39. The smallest absolute Gasteiger partial charge is 0.236 e. The van der Waals surface area contributed by atoms with Crippen LogP contribution < -0.4 is 9.80 Å². The highest BCUT2D eigenvalue weighted by molar-refractivity contribution is 7.16. The number of nitriles is 1. The molecule has 1 N–H and O–H groups in total. The number of hydrogen-bond donors (Lipinski definition) is 1. The fraction of sp³-hybridized carbons (Fsp3) is 0.333. The Bertz CT molecular complexity index is 1640. The summed E-state index contributed by atoms with van der Waals surface area (Å²) in [6.07, 6.45) is -0.383. The molecule has 2 fully saturated rings. The molecule has 0 aliphatic carbocycles. The van der Waals surface area contributed by atoms with Crippen molar-refractivity contribution in [2.75, 3.05) is 62.7 Å². The van der Waals surface area contributed by atoms with Crippen LogP contribution in [-0.2, 0) is 4.79 Å². The SMILES string of the molecule is Cc1cc(N(C)c2nc(-c3ccc(F)cc3)c(C#N)s2)c2cc(N3CCN(CC(=O)N4CC(O)C4)CC3)ccc2n1. The molecule has 41 heavy (non-hydrogen) atoms. The van der Waals surface area contributed by atoms with Gasteiger partial charge in [0.1, 0.15) is 22.5 Å². The third-order valence-electron chi connectivity index (χ3n) is 7.69. The molecular formula is C30H30FN7O2S. The van der Waals surface area contributed by atoms with E-state index in [9.17, 15) is 19.6 Å². The van der Waals surface area contributed by atoms with Crippen molar-refractivity contribution >= 4 is 44.7 Å². The van der Waals surface area contributed by atoms with Gasteiger partial charge in [0.15, 0.2) is 5.13 Å². The van der Waals surface area contributed by atoms with Crippen LogP contribution in [0.15, 0.2) is 48.5 Å². The van der Waals surface area contributed by atoms with Crippen molar-refractivity contribution in [1.29, 1.82) is 5.26 Å². The number of aryl methyl sites for hydroxylation is 1. The first kappa shape index (κ1) is 27.1. The number of rotatable bonds is 6. The van der Waals surface area contributed by atoms with Gasteiger partial charge in [-0.1, -0.05) is 11.3 Å². The molecule has 4 heterocycles. The minimum atomic E-state index is -0.383. The molecular weight excluding hydrogens is 541 g/mol. The molecule has 2 aromatic carbocycles. The van der Waals surface area contributed by atoms with E-state index in [0.717, 1.165) is 54.2 Å². The maximum Gasteiger partial charge on any atom is 0.236 e. The maximum atomic E-state index is 13.5. The molecule has 0 bridgehead atoms. The molecule has 0 saturated carbocycles. The molecule has 210 valence electrons. The van der Waals surface area contributed by atoms with Crippen LogP contribution >= 0.6 is 11.3 Å². The van der Waals surface area contributed by atoms with E-state index in [2.05, 4.69) is 28.0 Å². The highest BCUT2D eigenvalue weighted by Crippen LogP contribution is 2.38. The first-order valence-electron chi connectivity index (χ1n) is 13.5. The molecule has 0 spiro atoms. The third kappa shape index (κ3) is 5.46. The zero-order valence-corrected chi connectivity index (χ0v) is 23.7. The standard InChI is InChI=1S/C30H30FN7O2S/c1-19-13-26(35(2)30-34-29(27(15-32)41-30)20-3-5-21(31)6-4-20)24-14-22(7-8-25(24)33-19)37-11-9-36(10-12-37)18-28(40)38-16-23(39)17-38/h3-8,13-14,23,39H,9-12,16-18H2,1-2H3. The molecule has 1 amide bonds. The number of amides is 1. The van der Waals surface area contributed by atoms with Gasteiger partial charge in [0.05, 0.1) is 23.9 Å². The summed E-state index contributed by atoms with van der Waals surface area (Å²) in [7, 11) is 1.93. The molecule has 0 radical (unpaired) electrons. The number of fused-ring (bicyclic) bond motifs is 1. The normalized spacial score (nSPS) is 16.1. The molecule has 6 rings (SSSR count). The van der Waals surface area contributed by atoms with Gasteiger partial charge in [0.2, 0.25) is 5.91 Å². The van der Waals surface area contributed by atoms with Crippen LogP contribution in [0, 0.1) is 24.1 Å². The van der Waals surface area contributed by atoms with Crippen LogP contribution in [-0.4, -0.2) is 89.7 Å². The fourth-order valence-electron chi connectivity index (χ4n) is 5.35. The monoisotopic (exact) mass is 571 g/mol. The highest BCUT2D eigenvalue weighted by atomic mass is 32.1. The number of halogens is 1. The average Bonchev–Trinajstić information content (AvgIpc) is 3.40. The minimum Gasteiger partial charge on any atom is -0.389 e. The molecule has 2 saturated heterocycles. The van der Waals surface area contributed by atoms with Gasteiger partial charge < -0.3 is 19.8 Å². The van der Waals surface area contributed by atoms with Crippen molar-refractivity contribution in [3.8, 4) is 17.3 Å². The van der Waals surface area contributed by atoms with E-state index in [1.54, 1.807) is 17.0 Å². The summed E-state index contributed by atoms with van der Waals surface area (Å²) in [6, 6.07) is 16.6. The highest BCUT2D eigenvalue weighted by Gasteiger charge is 2.30. The number of β-amino-alcohol motifs (C(OH)–C–C–N with tert-alkyl or cyclic N) is 1. The maximum absolute atomic E-state index is 13.5. The third-order valence-corrected chi connectivity index (χ3v) is 8.73. The second-order valence-electron chi connectivity index (χ2n) is 10.6. The van der Waals surface area contributed by atoms with Gasteiger partial charge in [0, 0.05) is 68.6 Å². The van der Waals surface area contributed by atoms with Gasteiger partial charge in [-0.2, -0.15) is 5.26 Å². The Labute approximate surface area is 241 Å². The van der Waals surface area contributed by atoms with Crippen molar-refractivity contribution in [3.05, 3.63) is 64.9 Å². The zero-order valence-electron chi connectivity index (χ0n) is 22.9. The van der Waals surface area contributed by atoms with Crippen LogP contribution in [0.2, 0.25) is 0 Å². The number of aliphatic hydroxyl groups is 1. The number of pyridine rings is 1. The number of aliphatic hydroxyl groups excluding tert-OH is 1. The largest absolute Gasteiger partial charge is 0.389 e. The van der Waals surface area contributed by atoms with E-state index in [-0.39, 0.29) is 17.8 Å². The van der Waals surface area contributed by atoms with E-state index < -0.39 is 0 Å². The number of aromatic nitrogens is 2. The topological polar surface area (TPSA) is 99.8 Å². The molecule has 9 nitrogen and oxygen atoms in total. The minimum absolute atomic E-state index is 0.0768. The number of anilines is 3. The average molecular weight is 572 g/mol. The predicted octanol–water partition coefficient (Wildman–Crippen LogP) is 3.77. The Morgan fingerprint density at radius 3 is 2.54 bits per heavy atom. The lowest BCUT2D eigenvalue weighted by molar-refractivity contribution is -0.142. The van der Waals surface area contributed by atoms with Crippen molar-refractivity contribution in [1.82, 2.24) is 19.8 Å². The molecule has 11 heteroatoms. The van der Waals surface area contributed by atoms with Crippen LogP contribution in [0.5, 0.6) is 0 Å². The van der Waals surface area contributed by atoms with Crippen molar-refractivity contribution in [2.45, 2.75) is 13.0 Å². The number of hydrogen-bond acceptors (Lipinski definition) is 9. The first-order valence-corrected chi connectivity index (χ1v) is 14.4. The lowest BCUT2D eigenvalue weighted by atomic mass is 10.1. The Morgan fingerprint density at radius 1 is 1.12 bits per heavy atom. The van der Waals surface area contributed by atoms with Gasteiger partial charge in [-0.25, -0.2) is 9.37 Å². The number of thiazole rings is 1. The Balaban J connectivity index is 1.24. The number of carbonyl (C=O) groups is 1. The van der Waals surface area contributed by atoms with Crippen LogP contribution in [0.25, 0.3) is 22.2 Å². The molecule has 0 unspecified atom stereocenters. The lowest BCUT2D eigenvalue weighted by Crippen LogP contribution is -2.57. The molecule has 2 aliphatic heterocycles.